The Morgan fingerprint density at radius 1 is 1.31 bits per heavy atom. The van der Waals surface area contributed by atoms with Gasteiger partial charge in [0.2, 0.25) is 5.89 Å². The molecule has 0 saturated heterocycles. The Bertz CT molecular complexity index is 852. The number of hydrogen-bond donors (Lipinski definition) is 3. The minimum Gasteiger partial charge on any atom is -0.446 e. The van der Waals surface area contributed by atoms with Crippen molar-refractivity contribution in [3.8, 4) is 0 Å². The van der Waals surface area contributed by atoms with Gasteiger partial charge in [-0.3, -0.25) is 4.79 Å². The first-order valence-corrected chi connectivity index (χ1v) is 9.23. The third-order valence-electron chi connectivity index (χ3n) is 4.50. The van der Waals surface area contributed by atoms with E-state index in [1.165, 1.54) is 19.1 Å². The maximum Gasteiger partial charge on any atom is 0.273 e. The van der Waals surface area contributed by atoms with Crippen molar-refractivity contribution in [2.75, 3.05) is 6.54 Å². The molecule has 6 nitrogen and oxygen atoms in total. The van der Waals surface area contributed by atoms with Crippen LogP contribution in [-0.4, -0.2) is 22.4 Å². The number of amides is 1. The number of nitrogens with zero attached hydrogens (tertiary/aromatic N) is 1. The van der Waals surface area contributed by atoms with Crippen LogP contribution in [0.5, 0.6) is 0 Å². The van der Waals surface area contributed by atoms with Gasteiger partial charge in [-0.1, -0.05) is 44.4 Å². The van der Waals surface area contributed by atoms with Gasteiger partial charge < -0.3 is 20.5 Å². The molecule has 4 N–H and O–H groups in total. The lowest BCUT2D eigenvalue weighted by molar-refractivity contribution is 0.0948. The van der Waals surface area contributed by atoms with Gasteiger partial charge in [0.15, 0.2) is 5.69 Å². The summed E-state index contributed by atoms with van der Waals surface area (Å²) in [5, 5.41) is 4.01. The smallest absolute Gasteiger partial charge is 0.273 e. The summed E-state index contributed by atoms with van der Waals surface area (Å²) in [5.41, 5.74) is 8.71. The molecule has 1 aromatic carbocycles. The molecule has 0 fully saturated rings. The number of aromatic amines is 1. The molecule has 3 rings (SSSR count). The van der Waals surface area contributed by atoms with Crippen LogP contribution in [0.4, 0.5) is 0 Å². The van der Waals surface area contributed by atoms with Crippen LogP contribution in [0, 0.1) is 0 Å². The molecule has 1 amide bonds. The van der Waals surface area contributed by atoms with E-state index in [1.54, 1.807) is 0 Å². The van der Waals surface area contributed by atoms with Gasteiger partial charge in [0, 0.05) is 23.6 Å². The number of aromatic nitrogens is 2. The molecule has 0 spiro atoms. The maximum absolute atomic E-state index is 12.1. The quantitative estimate of drug-likeness (QED) is 0.510. The molecule has 0 saturated carbocycles. The molecule has 26 heavy (non-hydrogen) atoms. The highest BCUT2D eigenvalue weighted by Crippen LogP contribution is 2.23. The number of carbonyl (C=O) groups is 1. The van der Waals surface area contributed by atoms with Gasteiger partial charge in [0.25, 0.3) is 5.91 Å². The van der Waals surface area contributed by atoms with Crippen molar-refractivity contribution >= 4 is 16.8 Å². The Morgan fingerprint density at radius 3 is 3.00 bits per heavy atom. The monoisotopic (exact) mass is 354 g/mol. The van der Waals surface area contributed by atoms with Crippen LogP contribution >= 0.6 is 0 Å². The van der Waals surface area contributed by atoms with E-state index in [2.05, 4.69) is 28.3 Å². The van der Waals surface area contributed by atoms with E-state index in [1.807, 2.05) is 24.4 Å². The lowest BCUT2D eigenvalue weighted by Crippen LogP contribution is -2.25. The molecule has 0 radical (unpaired) electrons. The molecular weight excluding hydrogens is 328 g/mol. The fraction of sp³-hybridized carbons (Fsp3) is 0.400. The molecule has 3 aromatic rings. The predicted molar refractivity (Wildman–Crippen MR) is 102 cm³/mol. The Hall–Kier alpha value is -2.60. The molecule has 0 aliphatic rings. The summed E-state index contributed by atoms with van der Waals surface area (Å²) in [6.45, 7) is 2.82. The second-order valence-corrected chi connectivity index (χ2v) is 6.56. The normalized spacial score (nSPS) is 12.4. The number of nitrogens with one attached hydrogen (secondary N) is 2. The van der Waals surface area contributed by atoms with Crippen molar-refractivity contribution in [1.82, 2.24) is 15.3 Å². The minimum absolute atomic E-state index is 0.212. The molecule has 0 bridgehead atoms. The third kappa shape index (κ3) is 4.32. The standard InChI is InChI=1S/C20H26N4O2/c1-2-3-4-7-10-22-19(25)18-13-26-20(24-18)16(21)11-14-12-23-17-9-6-5-8-15(14)17/h5-6,8-9,12-13,16,23H,2-4,7,10-11,21H2,1H3,(H,22,25). The van der Waals surface area contributed by atoms with Crippen LogP contribution in [-0.2, 0) is 6.42 Å². The van der Waals surface area contributed by atoms with Crippen molar-refractivity contribution in [2.45, 2.75) is 45.1 Å². The first-order chi connectivity index (χ1) is 12.7. The zero-order chi connectivity index (χ0) is 18.4. The average Bonchev–Trinajstić information content (AvgIpc) is 3.29. The first-order valence-electron chi connectivity index (χ1n) is 9.23. The summed E-state index contributed by atoms with van der Waals surface area (Å²) in [6.07, 6.45) is 8.38. The lowest BCUT2D eigenvalue weighted by Gasteiger charge is -2.06. The van der Waals surface area contributed by atoms with Crippen LogP contribution < -0.4 is 11.1 Å². The van der Waals surface area contributed by atoms with Crippen LogP contribution in [0.15, 0.2) is 41.1 Å². The zero-order valence-corrected chi connectivity index (χ0v) is 15.1. The molecule has 2 heterocycles. The second kappa shape index (κ2) is 8.67. The minimum atomic E-state index is -0.402. The summed E-state index contributed by atoms with van der Waals surface area (Å²) in [6, 6.07) is 7.67. The van der Waals surface area contributed by atoms with Gasteiger partial charge in [-0.2, -0.15) is 0 Å². The molecule has 1 unspecified atom stereocenters. The predicted octanol–water partition coefficient (Wildman–Crippen LogP) is 3.71. The zero-order valence-electron chi connectivity index (χ0n) is 15.1. The van der Waals surface area contributed by atoms with E-state index in [9.17, 15) is 4.79 Å². The van der Waals surface area contributed by atoms with Crippen LogP contribution in [0.25, 0.3) is 10.9 Å². The molecule has 0 aliphatic heterocycles. The lowest BCUT2D eigenvalue weighted by atomic mass is 10.1. The summed E-state index contributed by atoms with van der Waals surface area (Å²) in [5.74, 6) is 0.169. The number of para-hydroxylation sites is 1. The number of unbranched alkanes of at least 4 members (excludes halogenated alkanes) is 3. The van der Waals surface area contributed by atoms with Crippen molar-refractivity contribution in [3.63, 3.8) is 0 Å². The van der Waals surface area contributed by atoms with Crippen LogP contribution in [0.1, 0.15) is 60.6 Å². The third-order valence-corrected chi connectivity index (χ3v) is 4.50. The summed E-state index contributed by atoms with van der Waals surface area (Å²) < 4.78 is 5.45. The molecular formula is C20H26N4O2. The van der Waals surface area contributed by atoms with Crippen molar-refractivity contribution in [2.24, 2.45) is 5.73 Å². The average molecular weight is 354 g/mol. The van der Waals surface area contributed by atoms with E-state index in [-0.39, 0.29) is 11.6 Å². The number of hydrogen-bond acceptors (Lipinski definition) is 4. The number of H-pyrrole nitrogens is 1. The van der Waals surface area contributed by atoms with Crippen molar-refractivity contribution in [3.05, 3.63) is 53.9 Å². The van der Waals surface area contributed by atoms with E-state index >= 15 is 0 Å². The van der Waals surface area contributed by atoms with Gasteiger partial charge in [-0.15, -0.1) is 0 Å². The van der Waals surface area contributed by atoms with Gasteiger partial charge in [0.1, 0.15) is 6.26 Å². The van der Waals surface area contributed by atoms with Crippen molar-refractivity contribution in [1.29, 1.82) is 0 Å². The van der Waals surface area contributed by atoms with Gasteiger partial charge >= 0.3 is 0 Å². The topological polar surface area (TPSA) is 96.9 Å². The van der Waals surface area contributed by atoms with E-state index < -0.39 is 6.04 Å². The molecule has 2 aromatic heterocycles. The highest BCUT2D eigenvalue weighted by molar-refractivity contribution is 5.91. The maximum atomic E-state index is 12.1. The number of rotatable bonds is 9. The summed E-state index contributed by atoms with van der Waals surface area (Å²) >= 11 is 0. The van der Waals surface area contributed by atoms with E-state index in [4.69, 9.17) is 10.2 Å². The highest BCUT2D eigenvalue weighted by atomic mass is 16.3. The SMILES string of the molecule is CCCCCCNC(=O)c1coc(C(N)Cc2c[nH]c3ccccc23)n1. The van der Waals surface area contributed by atoms with E-state index in [0.717, 1.165) is 29.3 Å². The van der Waals surface area contributed by atoms with E-state index in [0.29, 0.717) is 18.9 Å². The number of nitrogens with two attached hydrogens (primary N) is 1. The Balaban J connectivity index is 1.57. The Labute approximate surface area is 153 Å². The van der Waals surface area contributed by atoms with Crippen LogP contribution in [0.3, 0.4) is 0 Å². The molecule has 6 heteroatoms. The first kappa shape index (κ1) is 18.2. The summed E-state index contributed by atoms with van der Waals surface area (Å²) in [7, 11) is 0. The Kier molecular flexibility index (Phi) is 6.07. The number of carbonyl (C=O) groups excluding carboxylic acids is 1. The van der Waals surface area contributed by atoms with Gasteiger partial charge in [-0.05, 0) is 24.5 Å². The largest absolute Gasteiger partial charge is 0.446 e. The fourth-order valence-corrected chi connectivity index (χ4v) is 3.03. The van der Waals surface area contributed by atoms with Crippen LogP contribution in [0.2, 0.25) is 0 Å². The number of oxazole rings is 1. The number of fused-ring (bicyclic) bond motifs is 1. The Morgan fingerprint density at radius 2 is 2.15 bits per heavy atom. The second-order valence-electron chi connectivity index (χ2n) is 6.56. The van der Waals surface area contributed by atoms with Gasteiger partial charge in [-0.25, -0.2) is 4.98 Å². The molecule has 1 atom stereocenters. The van der Waals surface area contributed by atoms with Gasteiger partial charge in [0.05, 0.1) is 6.04 Å². The fourth-order valence-electron chi connectivity index (χ4n) is 3.03. The number of benzene rings is 1. The van der Waals surface area contributed by atoms with Crippen molar-refractivity contribution < 1.29 is 9.21 Å². The molecule has 138 valence electrons. The summed E-state index contributed by atoms with van der Waals surface area (Å²) in [4.78, 5) is 19.6. The highest BCUT2D eigenvalue weighted by Gasteiger charge is 2.18. The molecule has 0 aliphatic carbocycles.